The standard InChI is InChI=1S/C30H43F19NO8Si5.Rf/c1-50(19-51)20-11-10-12-21(17-20)61(6,7)15-16-62(8,9)58-63(56-59(2)3,57-60(4)5)14-13-22(31,25(35,36)37)53-27(41,42)24(34,26(38,39)40)55-29(45,46)28(43,44)52-18-23(32,33)54-30(47,48)49;/h10-12,17,59-60H,13-16,18H2,1-9H3;/q-1;. The van der Waals surface area contributed by atoms with Crippen LogP contribution >= 0.6 is 0 Å². The number of hydrogen-bond acceptors (Lipinski definition) is 8. The van der Waals surface area contributed by atoms with Crippen molar-refractivity contribution >= 4 is 60.6 Å². The number of hydrogen-bond donors (Lipinski definition) is 0. The number of ether oxygens (including phenoxy) is 4. The Labute approximate surface area is 354 Å². The normalized spacial score (nSPS) is 16.4. The first-order valence-electron chi connectivity index (χ1n) is 17.8. The molecule has 1 amide bonds. The average Bonchev–Trinajstić information content (AvgIpc) is 3.05. The predicted molar refractivity (Wildman–Crippen MR) is 196 cm³/mol. The molecule has 0 spiro atoms. The smallest absolute Gasteiger partial charge is 0.479 e. The van der Waals surface area contributed by atoms with Gasteiger partial charge in [0.15, 0.2) is 26.4 Å². The summed E-state index contributed by atoms with van der Waals surface area (Å²) in [6, 6.07) is 5.72. The zero-order chi connectivity index (χ0) is 49.9. The van der Waals surface area contributed by atoms with E-state index in [1.807, 2.05) is 22.6 Å². The van der Waals surface area contributed by atoms with Gasteiger partial charge in [-0.1, -0.05) is 36.5 Å². The second kappa shape index (κ2) is 20.6. The van der Waals surface area contributed by atoms with Gasteiger partial charge in [-0.2, -0.15) is 65.9 Å². The number of halogens is 19. The molecule has 64 heavy (non-hydrogen) atoms. The maximum Gasteiger partial charge on any atom is 0.527 e. The fourth-order valence-corrected chi connectivity index (χ4v) is 24.9. The monoisotopic (exact) mass is 1310 g/mol. The van der Waals surface area contributed by atoms with Gasteiger partial charge in [-0.25, -0.2) is 9.13 Å². The van der Waals surface area contributed by atoms with Gasteiger partial charge in [0, 0.05) is 12.5 Å². The molecule has 2 atom stereocenters. The molecule has 34 heteroatoms. The van der Waals surface area contributed by atoms with Crippen LogP contribution in [0.2, 0.25) is 70.5 Å². The van der Waals surface area contributed by atoms with Crippen LogP contribution in [-0.4, -0.2) is 118 Å². The van der Waals surface area contributed by atoms with Gasteiger partial charge >= 0.3 is 63.7 Å². The second-order valence-corrected chi connectivity index (χ2v) is 33.1. The molecule has 2 unspecified atom stereocenters. The van der Waals surface area contributed by atoms with E-state index >= 15 is 17.6 Å². The Morgan fingerprint density at radius 1 is 0.656 bits per heavy atom. The first kappa shape index (κ1) is 61.2. The van der Waals surface area contributed by atoms with Crippen LogP contribution in [0.5, 0.6) is 0 Å². The van der Waals surface area contributed by atoms with Gasteiger partial charge < -0.3 is 26.8 Å². The molecule has 1 aromatic rings. The van der Waals surface area contributed by atoms with Crippen molar-refractivity contribution < 1.29 is 120 Å². The SMILES string of the molecule is CN([C-]=O)c1cccc([Si](C)(C)CC[Si](C)(C)O[Si](CCC(F)(OC(F)(F)C(F)(OC(F)(F)C(F)(F)OCC(F)(F)OC(F)(F)F)C(F)(F)F)C(F)(F)F)(O[SiH](C)C)O[SiH](C)C)c1.[Rf]. The van der Waals surface area contributed by atoms with Crippen molar-refractivity contribution in [3.63, 3.8) is 0 Å². The molecule has 0 aliphatic heterocycles. The van der Waals surface area contributed by atoms with Crippen molar-refractivity contribution in [1.82, 2.24) is 0 Å². The molecule has 0 bridgehead atoms. The number of benzene rings is 1. The van der Waals surface area contributed by atoms with Crippen molar-refractivity contribution in [3.8, 4) is 0 Å². The van der Waals surface area contributed by atoms with Crippen LogP contribution in [0.1, 0.15) is 6.42 Å². The summed E-state index contributed by atoms with van der Waals surface area (Å²) in [7, 11) is -14.5. The second-order valence-electron chi connectivity index (χ2n) is 15.5. The van der Waals surface area contributed by atoms with Crippen molar-refractivity contribution in [1.29, 1.82) is 0 Å². The molecule has 1 aromatic carbocycles. The molecule has 0 fully saturated rings. The summed E-state index contributed by atoms with van der Waals surface area (Å²) < 4.78 is 291. The van der Waals surface area contributed by atoms with Crippen LogP contribution in [0.3, 0.4) is 0 Å². The number of rotatable bonds is 25. The Kier molecular flexibility index (Phi) is 19.7. The van der Waals surface area contributed by atoms with Crippen molar-refractivity contribution in [2.75, 3.05) is 18.6 Å². The van der Waals surface area contributed by atoms with E-state index in [0.717, 1.165) is 5.19 Å². The number of alkyl halides is 19. The molecule has 0 aliphatic rings. The molecule has 0 N–H and O–H groups in total. The minimum absolute atomic E-state index is 0. The predicted octanol–water partition coefficient (Wildman–Crippen LogP) is 10.1. The van der Waals surface area contributed by atoms with Crippen molar-refractivity contribution in [3.05, 3.63) is 24.3 Å². The van der Waals surface area contributed by atoms with Gasteiger partial charge in [-0.3, -0.25) is 9.47 Å². The first-order chi connectivity index (χ1) is 27.7. The Hall–Kier alpha value is -2.84. The molecule has 1 rings (SSSR count). The van der Waals surface area contributed by atoms with Crippen molar-refractivity contribution in [2.24, 2.45) is 0 Å². The summed E-state index contributed by atoms with van der Waals surface area (Å²) in [5, 5.41) is 0.815. The van der Waals surface area contributed by atoms with Gasteiger partial charge in [0.2, 0.25) is 0 Å². The molecule has 0 aromatic heterocycles. The van der Waals surface area contributed by atoms with E-state index in [9.17, 15) is 70.7 Å². The van der Waals surface area contributed by atoms with E-state index < -0.39 is 117 Å². The molecule has 0 saturated carbocycles. The number of amides is 1. The van der Waals surface area contributed by atoms with E-state index in [4.69, 9.17) is 12.3 Å². The van der Waals surface area contributed by atoms with Crippen LogP contribution in [-0.2, 0) is 36.1 Å². The van der Waals surface area contributed by atoms with Gasteiger partial charge in [-0.15, -0.1) is 31.0 Å². The van der Waals surface area contributed by atoms with E-state index in [0.29, 0.717) is 11.7 Å². The summed E-state index contributed by atoms with van der Waals surface area (Å²) in [6.45, 7) is 8.79. The maximum absolute atomic E-state index is 15.9. The van der Waals surface area contributed by atoms with Crippen molar-refractivity contribution in [2.45, 2.75) is 132 Å². The first-order valence-corrected chi connectivity index (χ1v) is 31.7. The molecule has 0 heterocycles. The topological polar surface area (TPSA) is 84.9 Å². The summed E-state index contributed by atoms with van der Waals surface area (Å²) in [4.78, 5) is 12.3. The zero-order valence-corrected chi connectivity index (χ0v) is 46.8. The molecular formula is C30H43F19NO8RfSi5-. The minimum Gasteiger partial charge on any atom is -0.479 e. The zero-order valence-electron chi connectivity index (χ0n) is 35.1. The quantitative estimate of drug-likeness (QED) is 0.0415. The summed E-state index contributed by atoms with van der Waals surface area (Å²) >= 11 is 0. The largest absolute Gasteiger partial charge is 0.527 e. The van der Waals surface area contributed by atoms with Crippen LogP contribution < -0.4 is 10.1 Å². The molecule has 0 aliphatic carbocycles. The Morgan fingerprint density at radius 2 is 1.16 bits per heavy atom. The van der Waals surface area contributed by atoms with Gasteiger partial charge in [-0.05, 0) is 52.4 Å². The van der Waals surface area contributed by atoms with Crippen LogP contribution in [0, 0.1) is 0 Å². The molecule has 0 radical (unpaired) electrons. The molecule has 372 valence electrons. The Morgan fingerprint density at radius 3 is 1.58 bits per heavy atom. The molecule has 0 saturated heterocycles. The van der Waals surface area contributed by atoms with Crippen LogP contribution in [0.15, 0.2) is 24.3 Å². The minimum atomic E-state index is -7.95. The number of carbonyl (C=O) groups excluding carboxylic acids is 1. The number of anilines is 1. The van der Waals surface area contributed by atoms with Gasteiger partial charge in [0.25, 0.3) is 0 Å². The van der Waals surface area contributed by atoms with E-state index in [-0.39, 0.29) is 6.04 Å². The fraction of sp³-hybridized carbons (Fsp3) is 0.767. The van der Waals surface area contributed by atoms with E-state index in [2.05, 4.69) is 9.47 Å². The Bertz CT molecular complexity index is 1650. The summed E-state index contributed by atoms with van der Waals surface area (Å²) in [5.41, 5.74) is 0.480. The molecule has 9 nitrogen and oxygen atoms in total. The summed E-state index contributed by atoms with van der Waals surface area (Å²) in [6.07, 6.45) is -50.9. The average molecular weight is 1310 g/mol. The third-order valence-corrected chi connectivity index (χ3v) is 24.6. The third-order valence-electron chi connectivity index (χ3n) is 8.27. The Balaban J connectivity index is 0.0000397. The van der Waals surface area contributed by atoms with E-state index in [1.165, 1.54) is 51.2 Å². The van der Waals surface area contributed by atoms with Crippen LogP contribution in [0.4, 0.5) is 89.1 Å². The number of nitrogens with zero attached hydrogens (tertiary/aromatic N) is 1. The van der Waals surface area contributed by atoms with Crippen LogP contribution in [0.25, 0.3) is 0 Å². The maximum atomic E-state index is 15.9. The summed E-state index contributed by atoms with van der Waals surface area (Å²) in [5.74, 6) is -14.2. The van der Waals surface area contributed by atoms with Gasteiger partial charge in [0.05, 0.1) is 14.5 Å². The van der Waals surface area contributed by atoms with Gasteiger partial charge in [0.1, 0.15) is 6.61 Å². The third kappa shape index (κ3) is 16.5. The van der Waals surface area contributed by atoms with E-state index in [1.54, 1.807) is 30.7 Å². The molecular weight excluding hydrogens is 1270 g/mol. The fourth-order valence-electron chi connectivity index (χ4n) is 5.19.